The highest BCUT2D eigenvalue weighted by Crippen LogP contribution is 2.33. The molecule has 0 saturated carbocycles. The smallest absolute Gasteiger partial charge is 0.333 e. The van der Waals surface area contributed by atoms with Crippen LogP contribution in [0, 0.1) is 0 Å². The third kappa shape index (κ3) is 6.58. The van der Waals surface area contributed by atoms with Gasteiger partial charge in [0.1, 0.15) is 5.75 Å². The van der Waals surface area contributed by atoms with Gasteiger partial charge in [-0.1, -0.05) is 62.0 Å². The molecule has 178 valence electrons. The highest BCUT2D eigenvalue weighted by atomic mass is 16.5. The molecule has 0 aliphatic carbocycles. The number of hydrogen-bond donors (Lipinski definition) is 2. The molecule has 0 bridgehead atoms. The molecule has 0 heterocycles. The van der Waals surface area contributed by atoms with Gasteiger partial charge in [-0.25, -0.2) is 4.79 Å². The molecule has 0 spiro atoms. The fraction of sp³-hybridized carbons (Fsp3) is 0.300. The molecule has 0 amide bonds. The minimum Gasteiger partial charge on any atom is -0.508 e. The van der Waals surface area contributed by atoms with E-state index in [0.717, 1.165) is 36.0 Å². The summed E-state index contributed by atoms with van der Waals surface area (Å²) < 4.78 is 5.22. The highest BCUT2D eigenvalue weighted by Gasteiger charge is 2.11. The summed E-state index contributed by atoms with van der Waals surface area (Å²) >= 11 is 0. The Bertz CT molecular complexity index is 1130. The van der Waals surface area contributed by atoms with E-state index in [9.17, 15) is 9.90 Å². The Labute approximate surface area is 202 Å². The molecule has 3 aromatic carbocycles. The average molecular weight is 459 g/mol. The van der Waals surface area contributed by atoms with Crippen LogP contribution in [-0.4, -0.2) is 29.4 Å². The largest absolute Gasteiger partial charge is 0.508 e. The Balaban J connectivity index is 1.82. The van der Waals surface area contributed by atoms with Gasteiger partial charge >= 0.3 is 5.97 Å². The third-order valence-corrected chi connectivity index (χ3v) is 5.95. The molecule has 4 heteroatoms. The van der Waals surface area contributed by atoms with Crippen LogP contribution in [0.2, 0.25) is 0 Å². The van der Waals surface area contributed by atoms with Crippen LogP contribution >= 0.6 is 0 Å². The Morgan fingerprint density at radius 3 is 2.24 bits per heavy atom. The molecule has 0 atom stereocenters. The summed E-state index contributed by atoms with van der Waals surface area (Å²) in [7, 11) is 0. The van der Waals surface area contributed by atoms with Gasteiger partial charge in [-0.3, -0.25) is 0 Å². The van der Waals surface area contributed by atoms with Gasteiger partial charge < -0.3 is 14.9 Å². The van der Waals surface area contributed by atoms with E-state index < -0.39 is 0 Å². The van der Waals surface area contributed by atoms with Crippen LogP contribution in [0.5, 0.6) is 5.75 Å². The van der Waals surface area contributed by atoms with E-state index in [1.54, 1.807) is 19.1 Å². The number of carbonyl (C=O) groups is 1. The zero-order chi connectivity index (χ0) is 24.5. The maximum Gasteiger partial charge on any atom is 0.333 e. The lowest BCUT2D eigenvalue weighted by atomic mass is 9.90. The molecule has 34 heavy (non-hydrogen) atoms. The van der Waals surface area contributed by atoms with Crippen LogP contribution in [0.4, 0.5) is 0 Å². The molecule has 0 unspecified atom stereocenters. The molecular weight excluding hydrogens is 424 g/mol. The summed E-state index contributed by atoms with van der Waals surface area (Å²) in [6.45, 7) is 7.92. The highest BCUT2D eigenvalue weighted by molar-refractivity contribution is 5.86. The predicted molar refractivity (Wildman–Crippen MR) is 138 cm³/mol. The first kappa shape index (κ1) is 25.3. The van der Waals surface area contributed by atoms with Gasteiger partial charge in [0.2, 0.25) is 0 Å². The maximum atomic E-state index is 11.6. The lowest BCUT2D eigenvalue weighted by molar-refractivity contribution is -0.139. The van der Waals surface area contributed by atoms with E-state index in [0.29, 0.717) is 25.0 Å². The monoisotopic (exact) mass is 458 g/mol. The zero-order valence-electron chi connectivity index (χ0n) is 20.1. The number of aliphatic hydroxyl groups is 1. The van der Waals surface area contributed by atoms with Gasteiger partial charge in [-0.15, -0.1) is 0 Å². The molecule has 2 N–H and O–H groups in total. The maximum absolute atomic E-state index is 11.6. The van der Waals surface area contributed by atoms with Crippen LogP contribution < -0.4 is 0 Å². The second kappa shape index (κ2) is 12.2. The Morgan fingerprint density at radius 1 is 0.882 bits per heavy atom. The topological polar surface area (TPSA) is 66.8 Å². The van der Waals surface area contributed by atoms with E-state index in [4.69, 9.17) is 9.84 Å². The quantitative estimate of drug-likeness (QED) is 0.202. The van der Waals surface area contributed by atoms with Crippen LogP contribution in [0.3, 0.4) is 0 Å². The Morgan fingerprint density at radius 2 is 1.56 bits per heavy atom. The van der Waals surface area contributed by atoms with Crippen LogP contribution in [0.1, 0.15) is 43.4 Å². The number of aliphatic hydroxyl groups excluding tert-OH is 1. The van der Waals surface area contributed by atoms with Gasteiger partial charge in [0, 0.05) is 12.2 Å². The van der Waals surface area contributed by atoms with Crippen molar-refractivity contribution in [1.82, 2.24) is 0 Å². The molecule has 3 rings (SSSR count). The van der Waals surface area contributed by atoms with Gasteiger partial charge in [-0.2, -0.15) is 0 Å². The molecule has 0 aromatic heterocycles. The lowest BCUT2D eigenvalue weighted by Crippen LogP contribution is -2.07. The first-order valence-corrected chi connectivity index (χ1v) is 11.9. The summed E-state index contributed by atoms with van der Waals surface area (Å²) in [4.78, 5) is 11.6. The average Bonchev–Trinajstić information content (AvgIpc) is 2.85. The first-order chi connectivity index (χ1) is 16.4. The van der Waals surface area contributed by atoms with E-state index >= 15 is 0 Å². The summed E-state index contributed by atoms with van der Waals surface area (Å²) in [5.74, 6) is -0.146. The number of carbonyl (C=O) groups excluding carboxylic acids is 1. The SMILES string of the molecule is C=C(C)C(=O)OCCCc1cc(O)ccc1-c1ccc(-c2ccc(CCCO)cc2)c(CC)c1. The van der Waals surface area contributed by atoms with Crippen LogP contribution in [-0.2, 0) is 28.8 Å². The van der Waals surface area contributed by atoms with E-state index in [1.165, 1.54) is 22.3 Å². The van der Waals surface area contributed by atoms with Crippen molar-refractivity contribution >= 4 is 5.97 Å². The summed E-state index contributed by atoms with van der Waals surface area (Å²) in [5.41, 5.74) is 8.48. The van der Waals surface area contributed by atoms with Gasteiger partial charge in [0.15, 0.2) is 0 Å². The van der Waals surface area contributed by atoms with Crippen molar-refractivity contribution in [3.05, 3.63) is 89.5 Å². The first-order valence-electron chi connectivity index (χ1n) is 11.9. The molecule has 0 aliphatic rings. The number of ether oxygens (including phenoxy) is 1. The number of rotatable bonds is 11. The van der Waals surface area contributed by atoms with Crippen molar-refractivity contribution in [2.75, 3.05) is 13.2 Å². The summed E-state index contributed by atoms with van der Waals surface area (Å²) in [6, 6.07) is 20.6. The second-order valence-corrected chi connectivity index (χ2v) is 8.61. The van der Waals surface area contributed by atoms with Crippen molar-refractivity contribution in [3.8, 4) is 28.0 Å². The van der Waals surface area contributed by atoms with E-state index in [-0.39, 0.29) is 18.3 Å². The second-order valence-electron chi connectivity index (χ2n) is 8.61. The van der Waals surface area contributed by atoms with Crippen LogP contribution in [0.15, 0.2) is 72.8 Å². The standard InChI is InChI=1S/C30H34O4/c1-4-23-19-26(13-15-28(23)24-11-9-22(10-12-24)7-5-17-31)29-16-14-27(32)20-25(29)8-6-18-34-30(33)21(2)3/h9-16,19-20,31-32H,2,4-8,17-18H2,1,3H3. The van der Waals surface area contributed by atoms with Crippen molar-refractivity contribution < 1.29 is 19.7 Å². The summed E-state index contributed by atoms with van der Waals surface area (Å²) in [6.07, 6.45) is 3.91. The van der Waals surface area contributed by atoms with E-state index in [1.807, 2.05) is 6.07 Å². The van der Waals surface area contributed by atoms with E-state index in [2.05, 4.69) is 56.0 Å². The molecule has 0 saturated heterocycles. The fourth-order valence-corrected chi connectivity index (χ4v) is 4.09. The van der Waals surface area contributed by atoms with Crippen molar-refractivity contribution in [3.63, 3.8) is 0 Å². The van der Waals surface area contributed by atoms with Gasteiger partial charge in [-0.05, 0) is 90.1 Å². The number of phenolic OH excluding ortho intramolecular Hbond substituents is 1. The minimum atomic E-state index is -0.374. The Kier molecular flexibility index (Phi) is 9.06. The van der Waals surface area contributed by atoms with Gasteiger partial charge in [0.05, 0.1) is 6.61 Å². The van der Waals surface area contributed by atoms with Crippen molar-refractivity contribution in [2.45, 2.75) is 46.0 Å². The molecule has 4 nitrogen and oxygen atoms in total. The van der Waals surface area contributed by atoms with Crippen molar-refractivity contribution in [1.29, 1.82) is 0 Å². The number of hydrogen-bond acceptors (Lipinski definition) is 4. The summed E-state index contributed by atoms with van der Waals surface area (Å²) in [5, 5.41) is 19.1. The Hall–Kier alpha value is -3.37. The van der Waals surface area contributed by atoms with Gasteiger partial charge in [0.25, 0.3) is 0 Å². The minimum absolute atomic E-state index is 0.210. The lowest BCUT2D eigenvalue weighted by Gasteiger charge is -2.15. The molecule has 0 radical (unpaired) electrons. The number of benzene rings is 3. The number of esters is 1. The van der Waals surface area contributed by atoms with Crippen LogP contribution in [0.25, 0.3) is 22.3 Å². The normalized spacial score (nSPS) is 10.8. The third-order valence-electron chi connectivity index (χ3n) is 5.95. The molecular formula is C30H34O4. The zero-order valence-corrected chi connectivity index (χ0v) is 20.1. The molecule has 0 fully saturated rings. The number of aryl methyl sites for hydroxylation is 3. The predicted octanol–water partition coefficient (Wildman–Crippen LogP) is 6.27. The molecule has 0 aliphatic heterocycles. The number of aromatic hydroxyl groups is 1. The molecule has 3 aromatic rings. The van der Waals surface area contributed by atoms with Crippen molar-refractivity contribution in [2.24, 2.45) is 0 Å². The number of phenols is 1. The fourth-order valence-electron chi connectivity index (χ4n) is 4.09.